The zero-order valence-electron chi connectivity index (χ0n) is 11.0. The number of nitrogens with zero attached hydrogens (tertiary/aromatic N) is 1. The molecule has 0 radical (unpaired) electrons. The molecule has 3 rings (SSSR count). The minimum absolute atomic E-state index is 0.0324. The third-order valence-electron chi connectivity index (χ3n) is 4.64. The van der Waals surface area contributed by atoms with Crippen LogP contribution >= 0.6 is 0 Å². The van der Waals surface area contributed by atoms with Gasteiger partial charge >= 0.3 is 0 Å². The van der Waals surface area contributed by atoms with Crippen molar-refractivity contribution in [1.82, 2.24) is 4.90 Å². The molecule has 2 aliphatic rings. The summed E-state index contributed by atoms with van der Waals surface area (Å²) in [5.74, 6) is 0.804. The first-order valence-corrected chi connectivity index (χ1v) is 6.84. The molecule has 1 aromatic rings. The first-order chi connectivity index (χ1) is 9.08. The van der Waals surface area contributed by atoms with Crippen LogP contribution in [0.25, 0.3) is 0 Å². The fraction of sp³-hybridized carbons (Fsp3) is 0.533. The van der Waals surface area contributed by atoms with E-state index >= 15 is 0 Å². The van der Waals surface area contributed by atoms with Gasteiger partial charge in [-0.3, -0.25) is 4.79 Å². The highest BCUT2D eigenvalue weighted by Gasteiger charge is 2.43. The van der Waals surface area contributed by atoms with Gasteiger partial charge in [-0.2, -0.15) is 0 Å². The second kappa shape index (κ2) is 4.53. The van der Waals surface area contributed by atoms with Crippen molar-refractivity contribution < 1.29 is 15.0 Å². The molecular formula is C15H19NO3. The fourth-order valence-electron chi connectivity index (χ4n) is 3.43. The van der Waals surface area contributed by atoms with Crippen molar-refractivity contribution in [3.05, 3.63) is 29.3 Å². The largest absolute Gasteiger partial charge is 0.508 e. The second-order valence-electron chi connectivity index (χ2n) is 5.73. The maximum Gasteiger partial charge on any atom is 0.254 e. The van der Waals surface area contributed by atoms with Crippen LogP contribution < -0.4 is 0 Å². The van der Waals surface area contributed by atoms with Gasteiger partial charge in [-0.05, 0) is 37.8 Å². The highest BCUT2D eigenvalue weighted by atomic mass is 16.3. The lowest BCUT2D eigenvalue weighted by atomic mass is 10.00. The molecule has 2 N–H and O–H groups in total. The van der Waals surface area contributed by atoms with E-state index in [1.165, 1.54) is 0 Å². The van der Waals surface area contributed by atoms with E-state index in [1.54, 1.807) is 25.1 Å². The van der Waals surface area contributed by atoms with Crippen molar-refractivity contribution in [3.8, 4) is 5.75 Å². The minimum Gasteiger partial charge on any atom is -0.508 e. The average Bonchev–Trinajstić information content (AvgIpc) is 2.95. The number of amides is 1. The molecule has 1 saturated heterocycles. The van der Waals surface area contributed by atoms with Crippen molar-refractivity contribution in [3.63, 3.8) is 0 Å². The highest BCUT2D eigenvalue weighted by Crippen LogP contribution is 2.38. The molecule has 1 saturated carbocycles. The predicted octanol–water partition coefficient (Wildman–Crippen LogP) is 1.54. The van der Waals surface area contributed by atoms with Gasteiger partial charge in [0.25, 0.3) is 5.91 Å². The number of phenols is 1. The monoisotopic (exact) mass is 261 g/mol. The summed E-state index contributed by atoms with van der Waals surface area (Å²) in [6.07, 6.45) is 1.62. The maximum absolute atomic E-state index is 12.5. The Hall–Kier alpha value is -1.55. The molecule has 0 aromatic heterocycles. The van der Waals surface area contributed by atoms with E-state index in [4.69, 9.17) is 0 Å². The number of hydrogen-bond donors (Lipinski definition) is 2. The van der Waals surface area contributed by atoms with Crippen LogP contribution in [-0.2, 0) is 0 Å². The number of fused-ring (bicyclic) bond motifs is 1. The minimum atomic E-state index is -0.256. The number of phenolic OH excluding ortho intramolecular Hbond substituents is 1. The molecule has 0 spiro atoms. The van der Waals surface area contributed by atoms with E-state index in [0.29, 0.717) is 23.6 Å². The van der Waals surface area contributed by atoms with Crippen molar-refractivity contribution in [1.29, 1.82) is 0 Å². The Morgan fingerprint density at radius 3 is 2.84 bits per heavy atom. The Morgan fingerprint density at radius 1 is 1.32 bits per heavy atom. The van der Waals surface area contributed by atoms with E-state index in [9.17, 15) is 15.0 Å². The third kappa shape index (κ3) is 2.00. The normalized spacial score (nSPS) is 29.6. The number of benzene rings is 1. The van der Waals surface area contributed by atoms with Crippen LogP contribution in [0.1, 0.15) is 28.8 Å². The first-order valence-electron chi connectivity index (χ1n) is 6.84. The number of hydrogen-bond acceptors (Lipinski definition) is 3. The Morgan fingerprint density at radius 2 is 2.11 bits per heavy atom. The fourth-order valence-corrected chi connectivity index (χ4v) is 3.43. The van der Waals surface area contributed by atoms with E-state index in [-0.39, 0.29) is 23.7 Å². The number of carbonyl (C=O) groups excluding carboxylic acids is 1. The third-order valence-corrected chi connectivity index (χ3v) is 4.64. The van der Waals surface area contributed by atoms with E-state index in [1.807, 2.05) is 4.90 Å². The van der Waals surface area contributed by atoms with Gasteiger partial charge in [-0.15, -0.1) is 0 Å². The van der Waals surface area contributed by atoms with Crippen molar-refractivity contribution in [2.24, 2.45) is 11.8 Å². The van der Waals surface area contributed by atoms with Crippen LogP contribution in [-0.4, -0.2) is 40.2 Å². The van der Waals surface area contributed by atoms with Gasteiger partial charge in [0, 0.05) is 30.1 Å². The van der Waals surface area contributed by atoms with Crippen LogP contribution in [0.15, 0.2) is 18.2 Å². The molecule has 102 valence electrons. The molecule has 1 amide bonds. The molecule has 3 atom stereocenters. The SMILES string of the molecule is Cc1c(O)cccc1C(=O)N1CC2CCC(O)C2C1. The lowest BCUT2D eigenvalue weighted by molar-refractivity contribution is 0.0751. The van der Waals surface area contributed by atoms with Gasteiger partial charge < -0.3 is 15.1 Å². The number of aromatic hydroxyl groups is 1. The summed E-state index contributed by atoms with van der Waals surface area (Å²) in [6, 6.07) is 5.04. The van der Waals surface area contributed by atoms with Crippen LogP contribution in [0.3, 0.4) is 0 Å². The predicted molar refractivity (Wildman–Crippen MR) is 71.0 cm³/mol. The van der Waals surface area contributed by atoms with Gasteiger partial charge in [-0.25, -0.2) is 0 Å². The summed E-state index contributed by atoms with van der Waals surface area (Å²) < 4.78 is 0. The molecule has 19 heavy (non-hydrogen) atoms. The topological polar surface area (TPSA) is 60.8 Å². The van der Waals surface area contributed by atoms with Crippen LogP contribution in [0, 0.1) is 18.8 Å². The van der Waals surface area contributed by atoms with Gasteiger partial charge in [0.05, 0.1) is 6.10 Å². The van der Waals surface area contributed by atoms with Crippen LogP contribution in [0.2, 0.25) is 0 Å². The summed E-state index contributed by atoms with van der Waals surface area (Å²) in [5.41, 5.74) is 1.19. The molecule has 1 aliphatic heterocycles. The average molecular weight is 261 g/mol. The van der Waals surface area contributed by atoms with Crippen LogP contribution in [0.5, 0.6) is 5.75 Å². The van der Waals surface area contributed by atoms with Gasteiger partial charge in [0.15, 0.2) is 0 Å². The Balaban J connectivity index is 1.81. The van der Waals surface area contributed by atoms with Gasteiger partial charge in [-0.1, -0.05) is 6.07 Å². The number of aliphatic hydroxyl groups is 1. The maximum atomic E-state index is 12.5. The van der Waals surface area contributed by atoms with E-state index in [0.717, 1.165) is 19.4 Å². The molecule has 4 heteroatoms. The second-order valence-corrected chi connectivity index (χ2v) is 5.73. The molecule has 1 heterocycles. The zero-order chi connectivity index (χ0) is 13.6. The summed E-state index contributed by atoms with van der Waals surface area (Å²) in [6.45, 7) is 3.13. The first kappa shape index (κ1) is 12.5. The molecule has 2 fully saturated rings. The van der Waals surface area contributed by atoms with E-state index < -0.39 is 0 Å². The number of carbonyl (C=O) groups is 1. The quantitative estimate of drug-likeness (QED) is 0.806. The Labute approximate surface area is 112 Å². The highest BCUT2D eigenvalue weighted by molar-refractivity contribution is 5.96. The number of aliphatic hydroxyl groups excluding tert-OH is 1. The van der Waals surface area contributed by atoms with Gasteiger partial charge in [0.1, 0.15) is 5.75 Å². The Bertz CT molecular complexity index is 514. The molecule has 1 aromatic carbocycles. The molecule has 4 nitrogen and oxygen atoms in total. The molecule has 0 bridgehead atoms. The lowest BCUT2D eigenvalue weighted by Crippen LogP contribution is -2.31. The summed E-state index contributed by atoms with van der Waals surface area (Å²) in [7, 11) is 0. The lowest BCUT2D eigenvalue weighted by Gasteiger charge is -2.19. The van der Waals surface area contributed by atoms with Crippen LogP contribution in [0.4, 0.5) is 0 Å². The Kier molecular flexibility index (Phi) is 2.97. The summed E-state index contributed by atoms with van der Waals surface area (Å²) >= 11 is 0. The summed E-state index contributed by atoms with van der Waals surface area (Å²) in [4.78, 5) is 14.3. The number of likely N-dealkylation sites (tertiary alicyclic amines) is 1. The smallest absolute Gasteiger partial charge is 0.254 e. The van der Waals surface area contributed by atoms with Gasteiger partial charge in [0.2, 0.25) is 0 Å². The molecule has 3 unspecified atom stereocenters. The zero-order valence-corrected chi connectivity index (χ0v) is 11.0. The molecular weight excluding hydrogens is 242 g/mol. The molecule has 1 aliphatic carbocycles. The van der Waals surface area contributed by atoms with Crippen molar-refractivity contribution >= 4 is 5.91 Å². The van der Waals surface area contributed by atoms with E-state index in [2.05, 4.69) is 0 Å². The number of rotatable bonds is 1. The summed E-state index contributed by atoms with van der Waals surface area (Å²) in [5, 5.41) is 19.6. The van der Waals surface area contributed by atoms with Crippen molar-refractivity contribution in [2.75, 3.05) is 13.1 Å². The standard InChI is InChI=1S/C15H19NO3/c1-9-11(3-2-4-13(9)17)15(19)16-7-10-5-6-14(18)12(10)8-16/h2-4,10,12,14,17-18H,5-8H2,1H3. The van der Waals surface area contributed by atoms with Crippen molar-refractivity contribution in [2.45, 2.75) is 25.9 Å².